The van der Waals surface area contributed by atoms with Crippen molar-refractivity contribution in [2.24, 2.45) is 10.9 Å². The number of hydrogen-bond acceptors (Lipinski definition) is 1. The molecule has 0 aromatic rings. The third kappa shape index (κ3) is 0.838. The first-order valence-electron chi connectivity index (χ1n) is 3.53. The molecule has 0 N–H and O–H groups in total. The third-order valence-corrected chi connectivity index (χ3v) is 1.87. The van der Waals surface area contributed by atoms with E-state index in [0.717, 1.165) is 6.42 Å². The van der Waals surface area contributed by atoms with Gasteiger partial charge in [-0.2, -0.15) is 0 Å². The van der Waals surface area contributed by atoms with Crippen LogP contribution >= 0.6 is 0 Å². The first-order chi connectivity index (χ1) is 4.97. The molecule has 1 aliphatic heterocycles. The molecule has 2 aliphatic rings. The van der Waals surface area contributed by atoms with E-state index in [1.54, 1.807) is 0 Å². The van der Waals surface area contributed by atoms with Crippen molar-refractivity contribution >= 4 is 6.21 Å². The van der Waals surface area contributed by atoms with E-state index in [0.29, 0.717) is 5.92 Å². The molecule has 0 fully saturated rings. The summed E-state index contributed by atoms with van der Waals surface area (Å²) in [5, 5.41) is 0. The van der Waals surface area contributed by atoms with Crippen LogP contribution in [0, 0.1) is 5.92 Å². The Morgan fingerprint density at radius 3 is 3.40 bits per heavy atom. The van der Waals surface area contributed by atoms with Crippen molar-refractivity contribution in [2.45, 2.75) is 6.42 Å². The average Bonchev–Trinajstić information content (AvgIpc) is 2.05. The zero-order valence-electron chi connectivity index (χ0n) is 5.70. The summed E-state index contributed by atoms with van der Waals surface area (Å²) < 4.78 is 0. The maximum atomic E-state index is 4.05. The van der Waals surface area contributed by atoms with Gasteiger partial charge in [-0.05, 0) is 12.0 Å². The maximum Gasteiger partial charge on any atom is 0.0305 e. The summed E-state index contributed by atoms with van der Waals surface area (Å²) >= 11 is 0. The van der Waals surface area contributed by atoms with Crippen molar-refractivity contribution in [1.82, 2.24) is 0 Å². The van der Waals surface area contributed by atoms with E-state index >= 15 is 0 Å². The van der Waals surface area contributed by atoms with Gasteiger partial charge in [0.05, 0.1) is 0 Å². The van der Waals surface area contributed by atoms with Crippen molar-refractivity contribution in [1.29, 1.82) is 0 Å². The molecule has 1 nitrogen and oxygen atoms in total. The Bertz CT molecular complexity index is 243. The Balaban J connectivity index is 2.34. The highest BCUT2D eigenvalue weighted by Gasteiger charge is 2.11. The Morgan fingerprint density at radius 1 is 1.50 bits per heavy atom. The highest BCUT2D eigenvalue weighted by molar-refractivity contribution is 5.82. The van der Waals surface area contributed by atoms with Crippen molar-refractivity contribution in [3.8, 4) is 0 Å². The minimum absolute atomic E-state index is 0.600. The third-order valence-electron chi connectivity index (χ3n) is 1.87. The molecule has 0 aromatic heterocycles. The first kappa shape index (κ1) is 5.66. The normalized spacial score (nSPS) is 28.0. The lowest BCUT2D eigenvalue weighted by molar-refractivity contribution is 0.790. The van der Waals surface area contributed by atoms with Crippen LogP contribution < -0.4 is 0 Å². The zero-order chi connectivity index (χ0) is 6.81. The molecule has 0 spiro atoms. The standard InChI is InChI=1S/C9H9N/c1-2-4-9-7-10-6-5-8(9)3-1/h1-2,4-8H,3H2. The van der Waals surface area contributed by atoms with Gasteiger partial charge in [0.1, 0.15) is 0 Å². The minimum Gasteiger partial charge on any atom is -0.265 e. The molecule has 2 rings (SSSR count). The van der Waals surface area contributed by atoms with Gasteiger partial charge in [-0.25, -0.2) is 0 Å². The van der Waals surface area contributed by atoms with E-state index < -0.39 is 0 Å². The molecule has 1 heteroatoms. The lowest BCUT2D eigenvalue weighted by Gasteiger charge is -2.16. The SMILES string of the molecule is C1=CCC2C=CN=CC2=C1. The smallest absolute Gasteiger partial charge is 0.0305 e. The largest absolute Gasteiger partial charge is 0.265 e. The molecule has 0 saturated carbocycles. The molecule has 0 amide bonds. The maximum absolute atomic E-state index is 4.05. The van der Waals surface area contributed by atoms with E-state index in [-0.39, 0.29) is 0 Å². The van der Waals surface area contributed by atoms with Gasteiger partial charge < -0.3 is 0 Å². The summed E-state index contributed by atoms with van der Waals surface area (Å²) in [6, 6.07) is 0. The van der Waals surface area contributed by atoms with Gasteiger partial charge in [0.15, 0.2) is 0 Å². The number of fused-ring (bicyclic) bond motifs is 1. The number of rotatable bonds is 0. The molecule has 10 heavy (non-hydrogen) atoms. The molecule has 1 unspecified atom stereocenters. The predicted molar refractivity (Wildman–Crippen MR) is 43.0 cm³/mol. The van der Waals surface area contributed by atoms with Gasteiger partial charge >= 0.3 is 0 Å². The number of hydrogen-bond donors (Lipinski definition) is 0. The van der Waals surface area contributed by atoms with E-state index in [1.807, 2.05) is 12.4 Å². The summed E-state index contributed by atoms with van der Waals surface area (Å²) in [5.41, 5.74) is 1.34. The Hall–Kier alpha value is -1.11. The summed E-state index contributed by atoms with van der Waals surface area (Å²) in [6.45, 7) is 0. The summed E-state index contributed by atoms with van der Waals surface area (Å²) in [7, 11) is 0. The van der Waals surface area contributed by atoms with Crippen LogP contribution in [0.1, 0.15) is 6.42 Å². The van der Waals surface area contributed by atoms with Crippen LogP contribution in [0.15, 0.2) is 41.1 Å². The number of nitrogens with zero attached hydrogens (tertiary/aromatic N) is 1. The second-order valence-corrected chi connectivity index (χ2v) is 2.56. The predicted octanol–water partition coefficient (Wildman–Crippen LogP) is 2.09. The summed E-state index contributed by atoms with van der Waals surface area (Å²) in [4.78, 5) is 4.05. The fourth-order valence-electron chi connectivity index (χ4n) is 1.28. The molecular formula is C9H9N. The highest BCUT2D eigenvalue weighted by atomic mass is 14.7. The molecule has 1 heterocycles. The van der Waals surface area contributed by atoms with Gasteiger partial charge in [-0.1, -0.05) is 24.3 Å². The first-order valence-corrected chi connectivity index (χ1v) is 3.53. The quantitative estimate of drug-likeness (QED) is 0.477. The van der Waals surface area contributed by atoms with E-state index in [4.69, 9.17) is 0 Å². The van der Waals surface area contributed by atoms with E-state index in [2.05, 4.69) is 29.3 Å². The van der Waals surface area contributed by atoms with Gasteiger partial charge in [0.25, 0.3) is 0 Å². The molecule has 1 aliphatic carbocycles. The van der Waals surface area contributed by atoms with Crippen LogP contribution in [-0.4, -0.2) is 6.21 Å². The second kappa shape index (κ2) is 2.25. The Kier molecular flexibility index (Phi) is 1.28. The highest BCUT2D eigenvalue weighted by Crippen LogP contribution is 2.22. The fourth-order valence-corrected chi connectivity index (χ4v) is 1.28. The van der Waals surface area contributed by atoms with Gasteiger partial charge in [-0.3, -0.25) is 4.99 Å². The lowest BCUT2D eigenvalue weighted by Crippen LogP contribution is -2.06. The van der Waals surface area contributed by atoms with E-state index in [9.17, 15) is 0 Å². The molecular weight excluding hydrogens is 122 g/mol. The van der Waals surface area contributed by atoms with Gasteiger partial charge in [0, 0.05) is 18.3 Å². The van der Waals surface area contributed by atoms with Crippen LogP contribution in [0.5, 0.6) is 0 Å². The molecule has 50 valence electrons. The van der Waals surface area contributed by atoms with Crippen molar-refractivity contribution in [2.75, 3.05) is 0 Å². The average molecular weight is 131 g/mol. The van der Waals surface area contributed by atoms with Gasteiger partial charge in [-0.15, -0.1) is 0 Å². The monoisotopic (exact) mass is 131 g/mol. The summed E-state index contributed by atoms with van der Waals surface area (Å²) in [6.07, 6.45) is 13.5. The lowest BCUT2D eigenvalue weighted by atomic mass is 9.91. The number of aliphatic imine (C=N–C) groups is 1. The zero-order valence-corrected chi connectivity index (χ0v) is 5.70. The molecule has 1 atom stereocenters. The fraction of sp³-hybridized carbons (Fsp3) is 0.222. The second-order valence-electron chi connectivity index (χ2n) is 2.56. The minimum atomic E-state index is 0.600. The topological polar surface area (TPSA) is 12.4 Å². The molecule has 0 bridgehead atoms. The Labute approximate surface area is 60.5 Å². The van der Waals surface area contributed by atoms with Crippen molar-refractivity contribution < 1.29 is 0 Å². The number of allylic oxidation sites excluding steroid dienone is 5. The van der Waals surface area contributed by atoms with E-state index in [1.165, 1.54) is 5.57 Å². The molecule has 0 aromatic carbocycles. The summed E-state index contributed by atoms with van der Waals surface area (Å²) in [5.74, 6) is 0.600. The van der Waals surface area contributed by atoms with Crippen molar-refractivity contribution in [3.63, 3.8) is 0 Å². The van der Waals surface area contributed by atoms with Crippen LogP contribution in [-0.2, 0) is 0 Å². The molecule has 0 saturated heterocycles. The van der Waals surface area contributed by atoms with Crippen LogP contribution in [0.3, 0.4) is 0 Å². The van der Waals surface area contributed by atoms with Crippen LogP contribution in [0.2, 0.25) is 0 Å². The molecule has 0 radical (unpaired) electrons. The van der Waals surface area contributed by atoms with Gasteiger partial charge in [0.2, 0.25) is 0 Å². The van der Waals surface area contributed by atoms with Crippen LogP contribution in [0.25, 0.3) is 0 Å². The Morgan fingerprint density at radius 2 is 2.50 bits per heavy atom. The van der Waals surface area contributed by atoms with Crippen molar-refractivity contribution in [3.05, 3.63) is 36.1 Å². The van der Waals surface area contributed by atoms with Crippen LogP contribution in [0.4, 0.5) is 0 Å².